The van der Waals surface area contributed by atoms with Crippen LogP contribution < -0.4 is 10.6 Å². The topological polar surface area (TPSA) is 106 Å². The highest BCUT2D eigenvalue weighted by Gasteiger charge is 2.28. The van der Waals surface area contributed by atoms with E-state index in [1.54, 1.807) is 6.20 Å². The number of hydrogen-bond acceptors (Lipinski definition) is 7. The van der Waals surface area contributed by atoms with E-state index in [2.05, 4.69) is 49.8 Å². The lowest BCUT2D eigenvalue weighted by atomic mass is 9.93. The number of rotatable bonds is 8. The van der Waals surface area contributed by atoms with E-state index in [-0.39, 0.29) is 0 Å². The molecule has 162 valence electrons. The summed E-state index contributed by atoms with van der Waals surface area (Å²) >= 11 is 0. The molecule has 0 spiro atoms. The molecule has 0 radical (unpaired) electrons. The van der Waals surface area contributed by atoms with Crippen LogP contribution in [0.1, 0.15) is 44.7 Å². The summed E-state index contributed by atoms with van der Waals surface area (Å²) in [5, 5.41) is 24.2. The Morgan fingerprint density at radius 2 is 2.23 bits per heavy atom. The monoisotopic (exact) mass is 418 g/mol. The molecule has 8 heteroatoms. The maximum Gasteiger partial charge on any atom is 0.153 e. The molecule has 0 unspecified atom stereocenters. The number of nitrogens with one attached hydrogen (secondary N) is 3. The molecule has 0 aromatic carbocycles. The van der Waals surface area contributed by atoms with Crippen LogP contribution >= 0.6 is 0 Å². The molecular formula is C23H30N8. The SMILES string of the molecule is CCC[C@H]1C[C@H](Nc2nc(Nc3cc(C)[nH]n3)cc3ncccc23)CCN1CCC#N. The minimum absolute atomic E-state index is 0.341. The minimum Gasteiger partial charge on any atom is -0.367 e. The van der Waals surface area contributed by atoms with Crippen LogP contribution in [0.2, 0.25) is 0 Å². The number of likely N-dealkylation sites (tertiary alicyclic amines) is 1. The third kappa shape index (κ3) is 5.12. The average molecular weight is 419 g/mol. The smallest absolute Gasteiger partial charge is 0.153 e. The predicted octanol–water partition coefficient (Wildman–Crippen LogP) is 4.36. The largest absolute Gasteiger partial charge is 0.367 e. The van der Waals surface area contributed by atoms with Gasteiger partial charge in [-0.2, -0.15) is 10.4 Å². The Morgan fingerprint density at radius 1 is 1.32 bits per heavy atom. The number of H-pyrrole nitrogens is 1. The fraction of sp³-hybridized carbons (Fsp3) is 0.478. The number of aryl methyl sites for hydroxylation is 1. The van der Waals surface area contributed by atoms with Crippen LogP contribution in [-0.2, 0) is 0 Å². The highest BCUT2D eigenvalue weighted by atomic mass is 15.2. The van der Waals surface area contributed by atoms with Crippen molar-refractivity contribution in [3.05, 3.63) is 36.2 Å². The zero-order chi connectivity index (χ0) is 21.6. The van der Waals surface area contributed by atoms with E-state index >= 15 is 0 Å². The first-order valence-electron chi connectivity index (χ1n) is 11.1. The van der Waals surface area contributed by atoms with E-state index in [4.69, 9.17) is 10.2 Å². The van der Waals surface area contributed by atoms with Crippen LogP contribution in [0.3, 0.4) is 0 Å². The lowest BCUT2D eigenvalue weighted by molar-refractivity contribution is 0.135. The van der Waals surface area contributed by atoms with Crippen molar-refractivity contribution in [3.63, 3.8) is 0 Å². The molecule has 1 saturated heterocycles. The van der Waals surface area contributed by atoms with Gasteiger partial charge in [0.1, 0.15) is 11.6 Å². The summed E-state index contributed by atoms with van der Waals surface area (Å²) in [4.78, 5) is 11.9. The molecular weight excluding hydrogens is 388 g/mol. The van der Waals surface area contributed by atoms with Gasteiger partial charge in [-0.15, -0.1) is 0 Å². The summed E-state index contributed by atoms with van der Waals surface area (Å²) in [6.45, 7) is 6.06. The van der Waals surface area contributed by atoms with Gasteiger partial charge in [0.25, 0.3) is 0 Å². The van der Waals surface area contributed by atoms with Gasteiger partial charge in [-0.25, -0.2) is 4.98 Å². The van der Waals surface area contributed by atoms with Crippen LogP contribution in [0.5, 0.6) is 0 Å². The Hall–Kier alpha value is -3.18. The van der Waals surface area contributed by atoms with Gasteiger partial charge in [0.05, 0.1) is 11.6 Å². The van der Waals surface area contributed by atoms with Crippen molar-refractivity contribution in [2.24, 2.45) is 0 Å². The van der Waals surface area contributed by atoms with Gasteiger partial charge in [-0.3, -0.25) is 15.0 Å². The fourth-order valence-corrected chi connectivity index (χ4v) is 4.41. The van der Waals surface area contributed by atoms with Crippen LogP contribution in [0.25, 0.3) is 10.9 Å². The first-order chi connectivity index (χ1) is 15.2. The molecule has 0 saturated carbocycles. The van der Waals surface area contributed by atoms with Crippen molar-refractivity contribution in [2.45, 2.75) is 58.0 Å². The summed E-state index contributed by atoms with van der Waals surface area (Å²) in [5.74, 6) is 2.31. The van der Waals surface area contributed by atoms with Crippen LogP contribution in [0.15, 0.2) is 30.5 Å². The molecule has 3 aromatic rings. The number of aromatic nitrogens is 4. The third-order valence-corrected chi connectivity index (χ3v) is 5.87. The third-order valence-electron chi connectivity index (χ3n) is 5.87. The minimum atomic E-state index is 0.341. The van der Waals surface area contributed by atoms with Gasteiger partial charge in [0, 0.05) is 61.0 Å². The van der Waals surface area contributed by atoms with E-state index in [1.807, 2.05) is 25.1 Å². The van der Waals surface area contributed by atoms with E-state index < -0.39 is 0 Å². The number of nitriles is 1. The molecule has 2 atom stereocenters. The first kappa shape index (κ1) is 21.1. The lowest BCUT2D eigenvalue weighted by Gasteiger charge is -2.39. The Morgan fingerprint density at radius 3 is 3.00 bits per heavy atom. The van der Waals surface area contributed by atoms with Crippen molar-refractivity contribution in [2.75, 3.05) is 23.7 Å². The number of anilines is 3. The maximum atomic E-state index is 8.98. The molecule has 0 amide bonds. The van der Waals surface area contributed by atoms with Crippen LogP contribution in [0, 0.1) is 18.3 Å². The Balaban J connectivity index is 1.55. The molecule has 1 aliphatic heterocycles. The van der Waals surface area contributed by atoms with Gasteiger partial charge in [-0.1, -0.05) is 13.3 Å². The predicted molar refractivity (Wildman–Crippen MR) is 123 cm³/mol. The number of hydrogen-bond donors (Lipinski definition) is 3. The summed E-state index contributed by atoms with van der Waals surface area (Å²) in [7, 11) is 0. The number of aromatic amines is 1. The molecule has 4 rings (SSSR count). The molecule has 4 heterocycles. The second-order valence-electron chi connectivity index (χ2n) is 8.24. The van der Waals surface area contributed by atoms with Gasteiger partial charge in [0.2, 0.25) is 0 Å². The molecule has 1 aliphatic rings. The first-order valence-corrected chi connectivity index (χ1v) is 11.1. The zero-order valence-electron chi connectivity index (χ0n) is 18.2. The van der Waals surface area contributed by atoms with Gasteiger partial charge in [0.15, 0.2) is 5.82 Å². The number of fused-ring (bicyclic) bond motifs is 1. The fourth-order valence-electron chi connectivity index (χ4n) is 4.41. The summed E-state index contributed by atoms with van der Waals surface area (Å²) in [5.41, 5.74) is 1.89. The van der Waals surface area contributed by atoms with E-state index in [0.717, 1.165) is 72.8 Å². The average Bonchev–Trinajstić information content (AvgIpc) is 3.18. The highest BCUT2D eigenvalue weighted by molar-refractivity contribution is 5.91. The van der Waals surface area contributed by atoms with Crippen molar-refractivity contribution >= 4 is 28.4 Å². The van der Waals surface area contributed by atoms with Gasteiger partial charge >= 0.3 is 0 Å². The summed E-state index contributed by atoms with van der Waals surface area (Å²) < 4.78 is 0. The highest BCUT2D eigenvalue weighted by Crippen LogP contribution is 2.29. The molecule has 3 aromatic heterocycles. The van der Waals surface area contributed by atoms with Gasteiger partial charge < -0.3 is 10.6 Å². The van der Waals surface area contributed by atoms with Crippen LogP contribution in [-0.4, -0.2) is 50.2 Å². The molecule has 31 heavy (non-hydrogen) atoms. The van der Waals surface area contributed by atoms with E-state index in [0.29, 0.717) is 18.5 Å². The number of pyridine rings is 2. The quantitative estimate of drug-likeness (QED) is 0.499. The van der Waals surface area contributed by atoms with Crippen molar-refractivity contribution in [1.29, 1.82) is 5.26 Å². The summed E-state index contributed by atoms with van der Waals surface area (Å²) in [6.07, 6.45) is 6.79. The zero-order valence-corrected chi connectivity index (χ0v) is 18.2. The van der Waals surface area contributed by atoms with Crippen molar-refractivity contribution in [3.8, 4) is 6.07 Å². The van der Waals surface area contributed by atoms with E-state index in [9.17, 15) is 0 Å². The Kier molecular flexibility index (Phi) is 6.63. The second-order valence-corrected chi connectivity index (χ2v) is 8.24. The number of piperidine rings is 1. The molecule has 3 N–H and O–H groups in total. The Labute approximate surface area is 183 Å². The molecule has 0 aliphatic carbocycles. The van der Waals surface area contributed by atoms with Crippen molar-refractivity contribution in [1.82, 2.24) is 25.1 Å². The molecule has 8 nitrogen and oxygen atoms in total. The normalized spacial score (nSPS) is 19.3. The lowest BCUT2D eigenvalue weighted by Crippen LogP contribution is -2.46. The van der Waals surface area contributed by atoms with Crippen molar-refractivity contribution < 1.29 is 0 Å². The number of nitrogens with zero attached hydrogens (tertiary/aromatic N) is 5. The van der Waals surface area contributed by atoms with Crippen LogP contribution in [0.4, 0.5) is 17.5 Å². The standard InChI is InChI=1S/C23H30N8/c1-3-6-18-14-17(8-12-31(18)11-5-9-24)26-23-19-7-4-10-25-20(19)15-21(28-23)27-22-13-16(2)29-30-22/h4,7,10,13,15,17-18H,3,5-6,8,11-12,14H2,1-2H3,(H3,26,27,28,29,30)/t17-,18+/m1/s1. The molecule has 0 bridgehead atoms. The Bertz CT molecular complexity index is 1050. The maximum absolute atomic E-state index is 8.98. The van der Waals surface area contributed by atoms with E-state index in [1.165, 1.54) is 0 Å². The second kappa shape index (κ2) is 9.75. The molecule has 1 fully saturated rings. The van der Waals surface area contributed by atoms with Gasteiger partial charge in [-0.05, 0) is 38.3 Å². The summed E-state index contributed by atoms with van der Waals surface area (Å²) in [6, 6.07) is 11.0.